The maximum Gasteiger partial charge on any atom is 0.0684 e. The molecule has 1 nitrogen and oxygen atoms in total. The summed E-state index contributed by atoms with van der Waals surface area (Å²) in [5.74, 6) is 0.533. The molecule has 0 aliphatic carbocycles. The monoisotopic (exact) mass is 178 g/mol. The fraction of sp³-hybridized carbons (Fsp3) is 0.500. The molecule has 0 saturated carbocycles. The van der Waals surface area contributed by atoms with E-state index in [1.807, 2.05) is 0 Å². The zero-order chi connectivity index (χ0) is 10.0. The van der Waals surface area contributed by atoms with Crippen molar-refractivity contribution in [1.82, 2.24) is 0 Å². The average molecular weight is 178 g/mol. The number of hydrogen-bond acceptors (Lipinski definition) is 1. The summed E-state index contributed by atoms with van der Waals surface area (Å²) in [4.78, 5) is 0. The van der Waals surface area contributed by atoms with Gasteiger partial charge in [0.2, 0.25) is 0 Å². The van der Waals surface area contributed by atoms with Gasteiger partial charge >= 0.3 is 0 Å². The van der Waals surface area contributed by atoms with Gasteiger partial charge in [-0.25, -0.2) is 0 Å². The van der Waals surface area contributed by atoms with E-state index in [0.717, 1.165) is 5.56 Å². The molecule has 1 aromatic rings. The molecule has 0 bridgehead atoms. The van der Waals surface area contributed by atoms with Gasteiger partial charge in [0, 0.05) is 0 Å². The summed E-state index contributed by atoms with van der Waals surface area (Å²) in [7, 11) is 0. The van der Waals surface area contributed by atoms with Crippen molar-refractivity contribution in [3.63, 3.8) is 0 Å². The Labute approximate surface area is 80.4 Å². The van der Waals surface area contributed by atoms with Crippen LogP contribution in [0.2, 0.25) is 0 Å². The van der Waals surface area contributed by atoms with E-state index < -0.39 is 0 Å². The molecule has 0 spiro atoms. The summed E-state index contributed by atoms with van der Waals surface area (Å²) in [5, 5.41) is 9.15. The summed E-state index contributed by atoms with van der Waals surface area (Å²) < 4.78 is 0. The first kappa shape index (κ1) is 10.3. The molecule has 0 aromatic heterocycles. The Hall–Kier alpha value is -0.820. The Bertz CT molecular complexity index is 300. The van der Waals surface area contributed by atoms with E-state index in [4.69, 9.17) is 5.11 Å². The lowest BCUT2D eigenvalue weighted by Crippen LogP contribution is -1.98. The highest BCUT2D eigenvalue weighted by Gasteiger charge is 2.07. The van der Waals surface area contributed by atoms with E-state index in [9.17, 15) is 0 Å². The Kier molecular flexibility index (Phi) is 3.10. The van der Waals surface area contributed by atoms with Crippen LogP contribution in [0.1, 0.15) is 42.0 Å². The number of rotatable bonds is 2. The van der Waals surface area contributed by atoms with Crippen molar-refractivity contribution in [2.24, 2.45) is 0 Å². The molecule has 0 unspecified atom stereocenters. The Morgan fingerprint density at radius 2 is 1.85 bits per heavy atom. The second kappa shape index (κ2) is 3.93. The topological polar surface area (TPSA) is 20.2 Å². The van der Waals surface area contributed by atoms with Crippen LogP contribution in [0.25, 0.3) is 0 Å². The molecule has 0 saturated heterocycles. The summed E-state index contributed by atoms with van der Waals surface area (Å²) in [6.45, 7) is 8.67. The van der Waals surface area contributed by atoms with Gasteiger partial charge in [-0.3, -0.25) is 0 Å². The van der Waals surface area contributed by atoms with Crippen LogP contribution in [0, 0.1) is 13.8 Å². The molecule has 0 atom stereocenters. The molecule has 1 heteroatoms. The number of aliphatic hydroxyl groups excluding tert-OH is 1. The van der Waals surface area contributed by atoms with E-state index >= 15 is 0 Å². The lowest BCUT2D eigenvalue weighted by molar-refractivity contribution is 0.281. The minimum atomic E-state index is 0.146. The highest BCUT2D eigenvalue weighted by molar-refractivity contribution is 5.39. The molecule has 0 aliphatic heterocycles. The second-order valence-corrected chi connectivity index (χ2v) is 3.95. The number of hydrogen-bond donors (Lipinski definition) is 1. The molecule has 0 aliphatic rings. The third-order valence-electron chi connectivity index (χ3n) is 2.49. The minimum Gasteiger partial charge on any atom is -0.392 e. The summed E-state index contributed by atoms with van der Waals surface area (Å²) >= 11 is 0. The van der Waals surface area contributed by atoms with Gasteiger partial charge in [0.15, 0.2) is 0 Å². The Balaban J connectivity index is 3.27. The van der Waals surface area contributed by atoms with Crippen LogP contribution < -0.4 is 0 Å². The van der Waals surface area contributed by atoms with Crippen LogP contribution in [0.15, 0.2) is 12.1 Å². The van der Waals surface area contributed by atoms with Crippen molar-refractivity contribution < 1.29 is 5.11 Å². The van der Waals surface area contributed by atoms with Crippen LogP contribution in [-0.2, 0) is 6.61 Å². The number of benzene rings is 1. The smallest absolute Gasteiger partial charge is 0.0684 e. The SMILES string of the molecule is Cc1cc(CO)c(C)c(C(C)C)c1. The van der Waals surface area contributed by atoms with E-state index in [2.05, 4.69) is 39.8 Å². The summed E-state index contributed by atoms with van der Waals surface area (Å²) in [6.07, 6.45) is 0. The zero-order valence-electron chi connectivity index (χ0n) is 8.89. The van der Waals surface area contributed by atoms with Gasteiger partial charge < -0.3 is 5.11 Å². The normalized spacial score (nSPS) is 10.9. The molecule has 1 N–H and O–H groups in total. The lowest BCUT2D eigenvalue weighted by Gasteiger charge is -2.14. The first-order valence-electron chi connectivity index (χ1n) is 4.77. The summed E-state index contributed by atoms with van der Waals surface area (Å²) in [5.41, 5.74) is 4.88. The Morgan fingerprint density at radius 3 is 2.31 bits per heavy atom. The third-order valence-corrected chi connectivity index (χ3v) is 2.49. The van der Waals surface area contributed by atoms with E-state index in [1.54, 1.807) is 0 Å². The minimum absolute atomic E-state index is 0.146. The quantitative estimate of drug-likeness (QED) is 0.738. The molecule has 72 valence electrons. The largest absolute Gasteiger partial charge is 0.392 e. The van der Waals surface area contributed by atoms with Crippen molar-refractivity contribution in [3.05, 3.63) is 34.4 Å². The van der Waals surface area contributed by atoms with E-state index in [0.29, 0.717) is 5.92 Å². The van der Waals surface area contributed by atoms with Crippen LogP contribution in [0.3, 0.4) is 0 Å². The first-order valence-corrected chi connectivity index (χ1v) is 4.77. The molecule has 0 fully saturated rings. The maximum atomic E-state index is 9.15. The summed E-state index contributed by atoms with van der Waals surface area (Å²) in [6, 6.07) is 4.26. The van der Waals surface area contributed by atoms with Crippen molar-refractivity contribution in [2.45, 2.75) is 40.2 Å². The highest BCUT2D eigenvalue weighted by Crippen LogP contribution is 2.23. The van der Waals surface area contributed by atoms with Crippen LogP contribution in [-0.4, -0.2) is 5.11 Å². The van der Waals surface area contributed by atoms with E-state index in [1.165, 1.54) is 16.7 Å². The van der Waals surface area contributed by atoms with Crippen LogP contribution in [0.4, 0.5) is 0 Å². The van der Waals surface area contributed by atoms with Gasteiger partial charge in [0.05, 0.1) is 6.61 Å². The van der Waals surface area contributed by atoms with Crippen molar-refractivity contribution >= 4 is 0 Å². The molecule has 1 aromatic carbocycles. The predicted octanol–water partition coefficient (Wildman–Crippen LogP) is 2.92. The highest BCUT2D eigenvalue weighted by atomic mass is 16.3. The molecule has 13 heavy (non-hydrogen) atoms. The fourth-order valence-electron chi connectivity index (χ4n) is 1.73. The maximum absolute atomic E-state index is 9.15. The zero-order valence-corrected chi connectivity index (χ0v) is 8.89. The fourth-order valence-corrected chi connectivity index (χ4v) is 1.73. The van der Waals surface area contributed by atoms with Gasteiger partial charge in [-0.1, -0.05) is 31.5 Å². The van der Waals surface area contributed by atoms with Crippen LogP contribution in [0.5, 0.6) is 0 Å². The predicted molar refractivity (Wildman–Crippen MR) is 55.9 cm³/mol. The van der Waals surface area contributed by atoms with Gasteiger partial charge in [-0.15, -0.1) is 0 Å². The Morgan fingerprint density at radius 1 is 1.23 bits per heavy atom. The molecule has 1 rings (SSSR count). The standard InChI is InChI=1S/C12H18O/c1-8(2)12-6-9(3)5-11(7-13)10(12)4/h5-6,8,13H,7H2,1-4H3. The first-order chi connectivity index (χ1) is 6.06. The average Bonchev–Trinajstić information content (AvgIpc) is 2.08. The van der Waals surface area contributed by atoms with Crippen molar-refractivity contribution in [2.75, 3.05) is 0 Å². The number of aliphatic hydroxyl groups is 1. The van der Waals surface area contributed by atoms with Gasteiger partial charge in [-0.05, 0) is 36.5 Å². The molecular weight excluding hydrogens is 160 g/mol. The second-order valence-electron chi connectivity index (χ2n) is 3.95. The van der Waals surface area contributed by atoms with Gasteiger partial charge in [0.25, 0.3) is 0 Å². The third kappa shape index (κ3) is 2.10. The number of aryl methyl sites for hydroxylation is 1. The van der Waals surface area contributed by atoms with E-state index in [-0.39, 0.29) is 6.61 Å². The molecule has 0 heterocycles. The van der Waals surface area contributed by atoms with Crippen LogP contribution >= 0.6 is 0 Å². The van der Waals surface area contributed by atoms with Crippen molar-refractivity contribution in [1.29, 1.82) is 0 Å². The molecule has 0 amide bonds. The lowest BCUT2D eigenvalue weighted by atomic mass is 9.92. The van der Waals surface area contributed by atoms with Crippen molar-refractivity contribution in [3.8, 4) is 0 Å². The molecular formula is C12H18O. The van der Waals surface area contributed by atoms with Gasteiger partial charge in [0.1, 0.15) is 0 Å². The van der Waals surface area contributed by atoms with Gasteiger partial charge in [-0.2, -0.15) is 0 Å². The molecule has 0 radical (unpaired) electrons.